The van der Waals surface area contributed by atoms with Gasteiger partial charge in [0, 0.05) is 11.1 Å². The van der Waals surface area contributed by atoms with Crippen molar-refractivity contribution >= 4 is 22.4 Å². The number of nitrogens with one attached hydrogen (secondary N) is 1. The predicted molar refractivity (Wildman–Crippen MR) is 104 cm³/mol. The van der Waals surface area contributed by atoms with E-state index in [0.29, 0.717) is 10.1 Å². The fourth-order valence-corrected chi connectivity index (χ4v) is 3.38. The summed E-state index contributed by atoms with van der Waals surface area (Å²) < 4.78 is 5.18. The van der Waals surface area contributed by atoms with Crippen LogP contribution in [0.2, 0.25) is 0 Å². The average Bonchev–Trinajstić information content (AvgIpc) is 3.31. The number of phenolic OH excluding ortho intramolecular Hbond substituents is 1. The molecule has 2 heterocycles. The van der Waals surface area contributed by atoms with Gasteiger partial charge in [0.15, 0.2) is 5.76 Å². The van der Waals surface area contributed by atoms with Gasteiger partial charge in [-0.2, -0.15) is 0 Å². The molecular formula is C20H15N3O3S. The Hall–Kier alpha value is -3.45. The lowest BCUT2D eigenvalue weighted by atomic mass is 10.0. The molecule has 0 aliphatic carbocycles. The standard InChI is InChI=1S/C20H15N3O3S/c1-12-9-10-26-17(12)18(25)21-20-23-22-19(27-20)14-7-5-13(6-8-14)15-3-2-4-16(24)11-15/h2-11,24H,1H3,(H,21,23,25). The SMILES string of the molecule is Cc1ccoc1C(=O)Nc1nnc(-c2ccc(-c3cccc(O)c3)cc2)s1. The van der Waals surface area contributed by atoms with Crippen molar-refractivity contribution in [3.05, 3.63) is 72.2 Å². The highest BCUT2D eigenvalue weighted by Gasteiger charge is 2.15. The smallest absolute Gasteiger partial charge is 0.293 e. The Balaban J connectivity index is 1.51. The van der Waals surface area contributed by atoms with Crippen molar-refractivity contribution in [3.63, 3.8) is 0 Å². The van der Waals surface area contributed by atoms with Crippen LogP contribution in [0, 0.1) is 6.92 Å². The number of furan rings is 1. The van der Waals surface area contributed by atoms with Crippen LogP contribution >= 0.6 is 11.3 Å². The van der Waals surface area contributed by atoms with Gasteiger partial charge >= 0.3 is 0 Å². The van der Waals surface area contributed by atoms with Crippen molar-refractivity contribution < 1.29 is 14.3 Å². The molecule has 1 amide bonds. The number of anilines is 1. The third-order valence-electron chi connectivity index (χ3n) is 4.03. The highest BCUT2D eigenvalue weighted by atomic mass is 32.1. The van der Waals surface area contributed by atoms with Crippen molar-refractivity contribution in [3.8, 4) is 27.4 Å². The van der Waals surface area contributed by atoms with Crippen LogP contribution in [0.15, 0.2) is 65.3 Å². The minimum Gasteiger partial charge on any atom is -0.508 e. The van der Waals surface area contributed by atoms with E-state index in [1.807, 2.05) is 30.3 Å². The zero-order valence-corrected chi connectivity index (χ0v) is 15.2. The van der Waals surface area contributed by atoms with Gasteiger partial charge in [-0.3, -0.25) is 10.1 Å². The summed E-state index contributed by atoms with van der Waals surface area (Å²) in [5, 5.41) is 21.6. The molecule has 2 N–H and O–H groups in total. The number of benzene rings is 2. The van der Waals surface area contributed by atoms with Crippen LogP contribution in [0.4, 0.5) is 5.13 Å². The first-order chi connectivity index (χ1) is 13.1. The van der Waals surface area contributed by atoms with Gasteiger partial charge in [0.25, 0.3) is 5.91 Å². The summed E-state index contributed by atoms with van der Waals surface area (Å²) in [6.07, 6.45) is 1.48. The molecule has 2 aromatic heterocycles. The maximum atomic E-state index is 12.2. The van der Waals surface area contributed by atoms with Crippen molar-refractivity contribution in [2.45, 2.75) is 6.92 Å². The van der Waals surface area contributed by atoms with Crippen LogP contribution in [0.3, 0.4) is 0 Å². The van der Waals surface area contributed by atoms with Crippen molar-refractivity contribution in [2.75, 3.05) is 5.32 Å². The molecule has 7 heteroatoms. The number of aromatic nitrogens is 2. The summed E-state index contributed by atoms with van der Waals surface area (Å²) in [5.74, 6) is 0.148. The molecule has 4 rings (SSSR count). The molecule has 0 saturated heterocycles. The lowest BCUT2D eigenvalue weighted by Gasteiger charge is -2.03. The number of hydrogen-bond acceptors (Lipinski definition) is 6. The van der Waals surface area contributed by atoms with Gasteiger partial charge in [0.05, 0.1) is 6.26 Å². The lowest BCUT2D eigenvalue weighted by molar-refractivity contribution is 0.0995. The molecule has 2 aromatic carbocycles. The quantitative estimate of drug-likeness (QED) is 0.537. The van der Waals surface area contributed by atoms with Crippen molar-refractivity contribution in [1.82, 2.24) is 10.2 Å². The van der Waals surface area contributed by atoms with Gasteiger partial charge in [0.2, 0.25) is 5.13 Å². The molecule has 0 radical (unpaired) electrons. The number of rotatable bonds is 4. The minimum atomic E-state index is -0.348. The maximum absolute atomic E-state index is 12.2. The molecule has 0 unspecified atom stereocenters. The average molecular weight is 377 g/mol. The molecule has 0 atom stereocenters. The second kappa shape index (κ2) is 7.05. The number of aryl methyl sites for hydroxylation is 1. The third-order valence-corrected chi connectivity index (χ3v) is 4.91. The van der Waals surface area contributed by atoms with Crippen LogP contribution in [0.1, 0.15) is 16.1 Å². The fraction of sp³-hybridized carbons (Fsp3) is 0.0500. The zero-order chi connectivity index (χ0) is 18.8. The number of carbonyl (C=O) groups excluding carboxylic acids is 1. The Morgan fingerprint density at radius 2 is 1.81 bits per heavy atom. The Morgan fingerprint density at radius 3 is 2.52 bits per heavy atom. The van der Waals surface area contributed by atoms with Gasteiger partial charge in [-0.15, -0.1) is 10.2 Å². The van der Waals surface area contributed by atoms with E-state index in [4.69, 9.17) is 4.42 Å². The van der Waals surface area contributed by atoms with Crippen LogP contribution in [-0.4, -0.2) is 21.2 Å². The molecule has 27 heavy (non-hydrogen) atoms. The van der Waals surface area contributed by atoms with Gasteiger partial charge in [-0.1, -0.05) is 47.7 Å². The lowest BCUT2D eigenvalue weighted by Crippen LogP contribution is -2.11. The van der Waals surface area contributed by atoms with Gasteiger partial charge in [-0.25, -0.2) is 0 Å². The Morgan fingerprint density at radius 1 is 1.04 bits per heavy atom. The molecule has 0 spiro atoms. The van der Waals surface area contributed by atoms with E-state index in [-0.39, 0.29) is 17.4 Å². The fourth-order valence-electron chi connectivity index (χ4n) is 2.64. The number of nitrogens with zero attached hydrogens (tertiary/aromatic N) is 2. The van der Waals surface area contributed by atoms with E-state index in [1.54, 1.807) is 31.2 Å². The van der Waals surface area contributed by atoms with E-state index >= 15 is 0 Å². The summed E-state index contributed by atoms with van der Waals surface area (Å²) in [6.45, 7) is 1.80. The highest BCUT2D eigenvalue weighted by molar-refractivity contribution is 7.18. The second-order valence-electron chi connectivity index (χ2n) is 5.93. The van der Waals surface area contributed by atoms with Crippen LogP contribution in [0.25, 0.3) is 21.7 Å². The molecule has 0 aliphatic heterocycles. The first-order valence-corrected chi connectivity index (χ1v) is 9.00. The van der Waals surface area contributed by atoms with Crippen molar-refractivity contribution in [1.29, 1.82) is 0 Å². The van der Waals surface area contributed by atoms with E-state index in [2.05, 4.69) is 15.5 Å². The van der Waals surface area contributed by atoms with Crippen LogP contribution < -0.4 is 5.32 Å². The number of hydrogen-bond donors (Lipinski definition) is 2. The second-order valence-corrected chi connectivity index (χ2v) is 6.90. The molecule has 0 aliphatic rings. The van der Waals surface area contributed by atoms with Gasteiger partial charge in [0.1, 0.15) is 10.8 Å². The van der Waals surface area contributed by atoms with Gasteiger partial charge in [-0.05, 0) is 36.2 Å². The first-order valence-electron chi connectivity index (χ1n) is 8.19. The number of amides is 1. The monoisotopic (exact) mass is 377 g/mol. The van der Waals surface area contributed by atoms with Crippen molar-refractivity contribution in [2.24, 2.45) is 0 Å². The third kappa shape index (κ3) is 3.58. The zero-order valence-electron chi connectivity index (χ0n) is 14.3. The normalized spacial score (nSPS) is 10.7. The Labute approximate surface area is 159 Å². The van der Waals surface area contributed by atoms with E-state index in [9.17, 15) is 9.90 Å². The minimum absolute atomic E-state index is 0.230. The summed E-state index contributed by atoms with van der Waals surface area (Å²) in [7, 11) is 0. The van der Waals surface area contributed by atoms with E-state index in [0.717, 1.165) is 22.3 Å². The maximum Gasteiger partial charge on any atom is 0.293 e. The predicted octanol–water partition coefficient (Wildman–Crippen LogP) is 4.73. The van der Waals surface area contributed by atoms with Crippen LogP contribution in [-0.2, 0) is 0 Å². The highest BCUT2D eigenvalue weighted by Crippen LogP contribution is 2.30. The molecule has 0 fully saturated rings. The summed E-state index contributed by atoms with van der Waals surface area (Å²) >= 11 is 1.29. The molecule has 134 valence electrons. The van der Waals surface area contributed by atoms with Crippen LogP contribution in [0.5, 0.6) is 5.75 Å². The molecule has 6 nitrogen and oxygen atoms in total. The summed E-state index contributed by atoms with van der Waals surface area (Å²) in [4.78, 5) is 12.2. The number of carbonyl (C=O) groups is 1. The Bertz CT molecular complexity index is 1100. The largest absolute Gasteiger partial charge is 0.508 e. The Kier molecular flexibility index (Phi) is 4.43. The summed E-state index contributed by atoms with van der Waals surface area (Å²) in [6, 6.07) is 16.6. The van der Waals surface area contributed by atoms with Gasteiger partial charge < -0.3 is 9.52 Å². The number of phenols is 1. The number of aromatic hydroxyl groups is 1. The summed E-state index contributed by atoms with van der Waals surface area (Å²) in [5.41, 5.74) is 3.58. The molecular weight excluding hydrogens is 362 g/mol. The topological polar surface area (TPSA) is 88.3 Å². The van der Waals surface area contributed by atoms with E-state index in [1.165, 1.54) is 17.6 Å². The molecule has 4 aromatic rings. The molecule has 0 saturated carbocycles. The molecule has 0 bridgehead atoms. The van der Waals surface area contributed by atoms with E-state index < -0.39 is 0 Å². The first kappa shape index (κ1) is 17.0.